The molecule has 0 radical (unpaired) electrons. The Morgan fingerprint density at radius 1 is 1.64 bits per heavy atom. The molecule has 1 rings (SSSR count). The molecular weight excluding hydrogens is 265 g/mol. The first-order valence-electron chi connectivity index (χ1n) is 4.53. The van der Waals surface area contributed by atoms with E-state index >= 15 is 0 Å². The summed E-state index contributed by atoms with van der Waals surface area (Å²) in [6.07, 6.45) is 3.73. The predicted molar refractivity (Wildman–Crippen MR) is 62.1 cm³/mol. The van der Waals surface area contributed by atoms with E-state index in [4.69, 9.17) is 16.0 Å². The largest absolute Gasteiger partial charge is 0.432 e. The third-order valence-corrected chi connectivity index (χ3v) is 2.98. The van der Waals surface area contributed by atoms with Gasteiger partial charge in [-0.15, -0.1) is 0 Å². The molecule has 0 N–H and O–H groups in total. The van der Waals surface area contributed by atoms with E-state index in [2.05, 4.69) is 33.9 Å². The molecule has 0 saturated carbocycles. The Morgan fingerprint density at radius 2 is 2.36 bits per heavy atom. The van der Waals surface area contributed by atoms with E-state index in [1.807, 2.05) is 6.92 Å². The number of hydrogen-bond donors (Lipinski definition) is 0. The van der Waals surface area contributed by atoms with Crippen molar-refractivity contribution >= 4 is 27.5 Å². The Labute approximate surface area is 97.5 Å². The summed E-state index contributed by atoms with van der Waals surface area (Å²) in [6.45, 7) is 4.11. The van der Waals surface area contributed by atoms with E-state index in [9.17, 15) is 0 Å². The van der Waals surface area contributed by atoms with Crippen molar-refractivity contribution in [2.24, 2.45) is 0 Å². The molecule has 14 heavy (non-hydrogen) atoms. The maximum atomic E-state index is 5.69. The second-order valence-corrected chi connectivity index (χ2v) is 3.96. The van der Waals surface area contributed by atoms with Gasteiger partial charge >= 0.3 is 0 Å². The fourth-order valence-electron chi connectivity index (χ4n) is 1.11. The highest BCUT2D eigenvalue weighted by atomic mass is 79.9. The van der Waals surface area contributed by atoms with E-state index in [1.54, 1.807) is 0 Å². The molecule has 0 aliphatic rings. The summed E-state index contributed by atoms with van der Waals surface area (Å²) in [5, 5.41) is 1.12. The molecule has 1 heterocycles. The average Bonchev–Trinajstić information content (AvgIpc) is 2.55. The average molecular weight is 279 g/mol. The van der Waals surface area contributed by atoms with Gasteiger partial charge in [0.05, 0.1) is 5.69 Å². The van der Waals surface area contributed by atoms with Crippen molar-refractivity contribution < 1.29 is 4.42 Å². The molecule has 0 spiro atoms. The van der Waals surface area contributed by atoms with Crippen LogP contribution in [0.15, 0.2) is 16.1 Å². The van der Waals surface area contributed by atoms with Gasteiger partial charge in [0.1, 0.15) is 5.76 Å². The van der Waals surface area contributed by atoms with Crippen LogP contribution in [0.1, 0.15) is 25.3 Å². The van der Waals surface area contributed by atoms with Crippen LogP contribution in [-0.4, -0.2) is 10.3 Å². The fraction of sp³-hybridized carbons (Fsp3) is 0.500. The number of aryl methyl sites for hydroxylation is 1. The Hall–Kier alpha value is -0.280. The van der Waals surface area contributed by atoms with Crippen molar-refractivity contribution in [1.29, 1.82) is 0 Å². The molecule has 4 heteroatoms. The van der Waals surface area contributed by atoms with Gasteiger partial charge in [-0.05, 0) is 24.9 Å². The lowest BCUT2D eigenvalue weighted by atomic mass is 10.2. The van der Waals surface area contributed by atoms with Crippen molar-refractivity contribution in [3.63, 3.8) is 0 Å². The zero-order chi connectivity index (χ0) is 10.6. The number of aromatic nitrogens is 1. The molecule has 0 bridgehead atoms. The maximum absolute atomic E-state index is 5.69. The van der Waals surface area contributed by atoms with Crippen LogP contribution in [-0.2, 0) is 12.8 Å². The number of allylic oxidation sites excluding steroid dienone is 2. The summed E-state index contributed by atoms with van der Waals surface area (Å²) in [4.78, 5) is 4.09. The first kappa shape index (κ1) is 11.8. The van der Waals surface area contributed by atoms with Crippen LogP contribution in [0.2, 0.25) is 5.35 Å². The third kappa shape index (κ3) is 3.14. The minimum Gasteiger partial charge on any atom is -0.432 e. The molecular formula is C10H13BrClNO. The summed E-state index contributed by atoms with van der Waals surface area (Å²) in [7, 11) is 0. The summed E-state index contributed by atoms with van der Waals surface area (Å²) in [5.74, 6) is 0.873. The van der Waals surface area contributed by atoms with Crippen LogP contribution in [0.25, 0.3) is 0 Å². The molecule has 0 amide bonds. The van der Waals surface area contributed by atoms with Crippen LogP contribution < -0.4 is 0 Å². The standard InChI is InChI=1S/C10H13BrClNO/c1-3-8-9(14-10(12)13-8)5-4-7(2)6-11/h4H,3,5-6H2,1-2H3. The quantitative estimate of drug-likeness (QED) is 0.619. The topological polar surface area (TPSA) is 26.0 Å². The lowest BCUT2D eigenvalue weighted by molar-refractivity contribution is 0.515. The van der Waals surface area contributed by atoms with Crippen molar-refractivity contribution in [3.8, 4) is 0 Å². The molecule has 0 fully saturated rings. The SMILES string of the molecule is CCc1nc(Cl)oc1CC=C(C)CBr. The van der Waals surface area contributed by atoms with E-state index in [0.29, 0.717) is 0 Å². The molecule has 0 atom stereocenters. The van der Waals surface area contributed by atoms with E-state index < -0.39 is 0 Å². The van der Waals surface area contributed by atoms with Gasteiger partial charge in [-0.25, -0.2) is 4.98 Å². The number of oxazole rings is 1. The van der Waals surface area contributed by atoms with Crippen molar-refractivity contribution in [2.75, 3.05) is 5.33 Å². The number of rotatable bonds is 4. The van der Waals surface area contributed by atoms with E-state index in [1.165, 1.54) is 5.57 Å². The second-order valence-electron chi connectivity index (χ2n) is 3.08. The molecule has 0 aliphatic heterocycles. The van der Waals surface area contributed by atoms with Crippen LogP contribution in [0, 0.1) is 0 Å². The smallest absolute Gasteiger partial charge is 0.292 e. The van der Waals surface area contributed by atoms with Gasteiger partial charge in [0.15, 0.2) is 0 Å². The minimum absolute atomic E-state index is 0.238. The second kappa shape index (κ2) is 5.56. The number of alkyl halides is 1. The molecule has 0 saturated heterocycles. The van der Waals surface area contributed by atoms with Crippen molar-refractivity contribution in [1.82, 2.24) is 4.98 Å². The fourth-order valence-corrected chi connectivity index (χ4v) is 1.53. The molecule has 2 nitrogen and oxygen atoms in total. The summed E-state index contributed by atoms with van der Waals surface area (Å²) >= 11 is 9.07. The zero-order valence-electron chi connectivity index (χ0n) is 8.31. The molecule has 78 valence electrons. The van der Waals surface area contributed by atoms with Crippen LogP contribution in [0.5, 0.6) is 0 Å². The first-order valence-corrected chi connectivity index (χ1v) is 6.03. The van der Waals surface area contributed by atoms with Gasteiger partial charge in [0.25, 0.3) is 5.35 Å². The van der Waals surface area contributed by atoms with Gasteiger partial charge < -0.3 is 4.42 Å². The molecule has 1 aromatic heterocycles. The normalized spacial score (nSPS) is 12.1. The molecule has 1 aromatic rings. The lowest BCUT2D eigenvalue weighted by Crippen LogP contribution is -1.88. The molecule has 0 aliphatic carbocycles. The third-order valence-electron chi connectivity index (χ3n) is 1.93. The Morgan fingerprint density at radius 3 is 2.93 bits per heavy atom. The monoisotopic (exact) mass is 277 g/mol. The number of hydrogen-bond acceptors (Lipinski definition) is 2. The highest BCUT2D eigenvalue weighted by molar-refractivity contribution is 9.09. The number of nitrogens with zero attached hydrogens (tertiary/aromatic N) is 1. The first-order chi connectivity index (χ1) is 6.67. The van der Waals surface area contributed by atoms with Gasteiger partial charge in [0.2, 0.25) is 0 Å². The van der Waals surface area contributed by atoms with E-state index in [0.717, 1.165) is 29.6 Å². The summed E-state index contributed by atoms with van der Waals surface area (Å²) < 4.78 is 5.29. The highest BCUT2D eigenvalue weighted by Crippen LogP contribution is 2.17. The predicted octanol–water partition coefficient (Wildman–Crippen LogP) is 3.77. The Balaban J connectivity index is 2.75. The summed E-state index contributed by atoms with van der Waals surface area (Å²) in [6, 6.07) is 0. The minimum atomic E-state index is 0.238. The Bertz CT molecular complexity index is 333. The van der Waals surface area contributed by atoms with Crippen LogP contribution in [0.3, 0.4) is 0 Å². The van der Waals surface area contributed by atoms with Crippen molar-refractivity contribution in [2.45, 2.75) is 26.7 Å². The van der Waals surface area contributed by atoms with E-state index in [-0.39, 0.29) is 5.35 Å². The van der Waals surface area contributed by atoms with Gasteiger partial charge in [-0.1, -0.05) is 34.5 Å². The Kier molecular flexibility index (Phi) is 4.69. The lowest BCUT2D eigenvalue weighted by Gasteiger charge is -1.95. The summed E-state index contributed by atoms with van der Waals surface area (Å²) in [5.41, 5.74) is 2.23. The van der Waals surface area contributed by atoms with Crippen molar-refractivity contribution in [3.05, 3.63) is 28.5 Å². The zero-order valence-corrected chi connectivity index (χ0v) is 10.7. The highest BCUT2D eigenvalue weighted by Gasteiger charge is 2.08. The molecule has 0 aromatic carbocycles. The van der Waals surface area contributed by atoms with Gasteiger partial charge in [0, 0.05) is 11.8 Å². The van der Waals surface area contributed by atoms with Crippen LogP contribution >= 0.6 is 27.5 Å². The number of halogens is 2. The van der Waals surface area contributed by atoms with Gasteiger partial charge in [-0.2, -0.15) is 0 Å². The van der Waals surface area contributed by atoms with Crippen LogP contribution in [0.4, 0.5) is 0 Å². The maximum Gasteiger partial charge on any atom is 0.292 e. The van der Waals surface area contributed by atoms with Gasteiger partial charge in [-0.3, -0.25) is 0 Å². The molecule has 0 unspecified atom stereocenters.